The van der Waals surface area contributed by atoms with Crippen LogP contribution in [0.1, 0.15) is 23.2 Å². The third kappa shape index (κ3) is 4.95. The van der Waals surface area contributed by atoms with Crippen LogP contribution in [0.3, 0.4) is 0 Å². The van der Waals surface area contributed by atoms with Crippen LogP contribution in [0, 0.1) is 12.7 Å². The molecular weight excluding hydrogens is 363 g/mol. The molecule has 1 fully saturated rings. The number of benzene rings is 1. The third-order valence-electron chi connectivity index (χ3n) is 4.87. The zero-order valence-electron chi connectivity index (χ0n) is 16.2. The van der Waals surface area contributed by atoms with Crippen LogP contribution in [0.15, 0.2) is 29.1 Å². The molecule has 28 heavy (non-hydrogen) atoms. The molecule has 1 aliphatic rings. The van der Waals surface area contributed by atoms with Crippen molar-refractivity contribution in [3.8, 4) is 0 Å². The first-order valence-electron chi connectivity index (χ1n) is 9.35. The summed E-state index contributed by atoms with van der Waals surface area (Å²) in [7, 11) is 1.70. The van der Waals surface area contributed by atoms with Crippen LogP contribution in [-0.4, -0.2) is 54.1 Å². The molecule has 1 aromatic carbocycles. The van der Waals surface area contributed by atoms with Crippen molar-refractivity contribution in [2.75, 3.05) is 38.3 Å². The summed E-state index contributed by atoms with van der Waals surface area (Å²) in [6.45, 7) is 4.78. The van der Waals surface area contributed by atoms with Gasteiger partial charge < -0.3 is 14.5 Å². The Balaban J connectivity index is 1.60. The summed E-state index contributed by atoms with van der Waals surface area (Å²) in [4.78, 5) is 35.8. The number of hydrogen-bond acceptors (Lipinski definition) is 5. The molecular formula is C20H25FN4O3. The van der Waals surface area contributed by atoms with Crippen molar-refractivity contribution in [2.24, 2.45) is 0 Å². The van der Waals surface area contributed by atoms with Gasteiger partial charge in [0.1, 0.15) is 5.82 Å². The highest BCUT2D eigenvalue weighted by Gasteiger charge is 2.17. The molecule has 1 N–H and O–H groups in total. The van der Waals surface area contributed by atoms with E-state index >= 15 is 0 Å². The first kappa shape index (κ1) is 20.0. The average Bonchev–Trinajstić information content (AvgIpc) is 2.69. The molecule has 150 valence electrons. The molecule has 0 atom stereocenters. The van der Waals surface area contributed by atoms with E-state index in [1.807, 2.05) is 4.90 Å². The monoisotopic (exact) mass is 388 g/mol. The number of nitrogens with zero attached hydrogens (tertiary/aromatic N) is 3. The second kappa shape index (κ2) is 8.97. The van der Waals surface area contributed by atoms with E-state index < -0.39 is 0 Å². The SMILES string of the molecule is Cc1nc(N2CCOCC2)[nH]c(=O)c1CCC(=O)N(C)Cc1ccc(F)cc1. The quantitative estimate of drug-likeness (QED) is 0.814. The molecule has 1 amide bonds. The number of halogens is 1. The normalized spacial score (nSPS) is 14.2. The van der Waals surface area contributed by atoms with E-state index in [0.717, 1.165) is 5.56 Å². The Kier molecular flexibility index (Phi) is 6.41. The van der Waals surface area contributed by atoms with E-state index in [1.54, 1.807) is 31.0 Å². The minimum absolute atomic E-state index is 0.0830. The summed E-state index contributed by atoms with van der Waals surface area (Å²) in [6.07, 6.45) is 0.532. The maximum atomic E-state index is 13.0. The van der Waals surface area contributed by atoms with Gasteiger partial charge in [-0.15, -0.1) is 0 Å². The molecule has 7 nitrogen and oxygen atoms in total. The van der Waals surface area contributed by atoms with E-state index in [9.17, 15) is 14.0 Å². The number of hydrogen-bond donors (Lipinski definition) is 1. The molecule has 2 aromatic rings. The van der Waals surface area contributed by atoms with E-state index in [4.69, 9.17) is 4.74 Å². The molecule has 1 saturated heterocycles. The molecule has 1 aromatic heterocycles. The summed E-state index contributed by atoms with van der Waals surface area (Å²) in [5, 5.41) is 0. The Morgan fingerprint density at radius 1 is 1.29 bits per heavy atom. The fourth-order valence-electron chi connectivity index (χ4n) is 3.19. The van der Waals surface area contributed by atoms with Crippen LogP contribution >= 0.6 is 0 Å². The highest BCUT2D eigenvalue weighted by atomic mass is 19.1. The van der Waals surface area contributed by atoms with Crippen molar-refractivity contribution in [1.82, 2.24) is 14.9 Å². The van der Waals surface area contributed by atoms with Crippen LogP contribution in [-0.2, 0) is 22.5 Å². The molecule has 3 rings (SSSR count). The minimum atomic E-state index is -0.305. The number of carbonyl (C=O) groups excluding carboxylic acids is 1. The number of amides is 1. The predicted molar refractivity (Wildman–Crippen MR) is 104 cm³/mol. The Hall–Kier alpha value is -2.74. The van der Waals surface area contributed by atoms with E-state index in [0.29, 0.717) is 56.5 Å². The average molecular weight is 388 g/mol. The summed E-state index contributed by atoms with van der Waals surface area (Å²) < 4.78 is 18.3. The number of aromatic nitrogens is 2. The molecule has 0 spiro atoms. The molecule has 8 heteroatoms. The molecule has 2 heterocycles. The van der Waals surface area contributed by atoms with Gasteiger partial charge in [-0.2, -0.15) is 0 Å². The molecule has 1 aliphatic heterocycles. The molecule has 0 saturated carbocycles. The van der Waals surface area contributed by atoms with Gasteiger partial charge in [-0.3, -0.25) is 14.6 Å². The number of rotatable bonds is 6. The topological polar surface area (TPSA) is 78.5 Å². The van der Waals surface area contributed by atoms with Gasteiger partial charge in [-0.25, -0.2) is 9.37 Å². The zero-order valence-corrected chi connectivity index (χ0v) is 16.2. The lowest BCUT2D eigenvalue weighted by molar-refractivity contribution is -0.130. The smallest absolute Gasteiger partial charge is 0.255 e. The maximum absolute atomic E-state index is 13.0. The van der Waals surface area contributed by atoms with E-state index in [1.165, 1.54) is 12.1 Å². The zero-order chi connectivity index (χ0) is 20.1. The third-order valence-corrected chi connectivity index (χ3v) is 4.87. The van der Waals surface area contributed by atoms with Gasteiger partial charge >= 0.3 is 0 Å². The number of anilines is 1. The van der Waals surface area contributed by atoms with Gasteiger partial charge in [0, 0.05) is 44.4 Å². The van der Waals surface area contributed by atoms with Crippen molar-refractivity contribution in [2.45, 2.75) is 26.3 Å². The molecule has 0 aliphatic carbocycles. The largest absolute Gasteiger partial charge is 0.378 e. The van der Waals surface area contributed by atoms with Crippen molar-refractivity contribution < 1.29 is 13.9 Å². The molecule has 0 bridgehead atoms. The highest BCUT2D eigenvalue weighted by molar-refractivity contribution is 5.76. The first-order chi connectivity index (χ1) is 13.4. The number of morpholine rings is 1. The summed E-state index contributed by atoms with van der Waals surface area (Å²) in [5.41, 5.74) is 1.81. The fraction of sp³-hybridized carbons (Fsp3) is 0.450. The van der Waals surface area contributed by atoms with Crippen LogP contribution < -0.4 is 10.5 Å². The Bertz CT molecular complexity index is 876. The van der Waals surface area contributed by atoms with Crippen molar-refractivity contribution in [3.63, 3.8) is 0 Å². The van der Waals surface area contributed by atoms with E-state index in [-0.39, 0.29) is 23.7 Å². The Morgan fingerprint density at radius 3 is 2.61 bits per heavy atom. The maximum Gasteiger partial charge on any atom is 0.255 e. The Morgan fingerprint density at radius 2 is 1.96 bits per heavy atom. The minimum Gasteiger partial charge on any atom is -0.378 e. The van der Waals surface area contributed by atoms with Crippen LogP contribution in [0.5, 0.6) is 0 Å². The number of aryl methyl sites for hydroxylation is 1. The molecule has 0 radical (unpaired) electrons. The van der Waals surface area contributed by atoms with Crippen molar-refractivity contribution in [3.05, 3.63) is 57.3 Å². The van der Waals surface area contributed by atoms with Crippen molar-refractivity contribution >= 4 is 11.9 Å². The van der Waals surface area contributed by atoms with Gasteiger partial charge in [-0.1, -0.05) is 12.1 Å². The molecule has 0 unspecified atom stereocenters. The predicted octanol–water partition coefficient (Wildman–Crippen LogP) is 1.65. The standard InChI is InChI=1S/C20H25FN4O3/c1-14-17(19(27)23-20(22-14)25-9-11-28-12-10-25)7-8-18(26)24(2)13-15-3-5-16(21)6-4-15/h3-6H,7-13H2,1-2H3,(H,22,23,27). The second-order valence-corrected chi connectivity index (χ2v) is 6.93. The van der Waals surface area contributed by atoms with Crippen LogP contribution in [0.4, 0.5) is 10.3 Å². The number of H-pyrrole nitrogens is 1. The highest BCUT2D eigenvalue weighted by Crippen LogP contribution is 2.12. The van der Waals surface area contributed by atoms with Gasteiger partial charge in [-0.05, 0) is 31.0 Å². The van der Waals surface area contributed by atoms with Crippen LogP contribution in [0.2, 0.25) is 0 Å². The number of carbonyl (C=O) groups is 1. The first-order valence-corrected chi connectivity index (χ1v) is 9.35. The van der Waals surface area contributed by atoms with E-state index in [2.05, 4.69) is 9.97 Å². The Labute approximate surface area is 163 Å². The summed E-state index contributed by atoms with van der Waals surface area (Å²) in [5.74, 6) is 0.162. The fourth-order valence-corrected chi connectivity index (χ4v) is 3.19. The number of ether oxygens (including phenoxy) is 1. The van der Waals surface area contributed by atoms with Gasteiger partial charge in [0.25, 0.3) is 5.56 Å². The number of nitrogens with one attached hydrogen (secondary N) is 1. The lowest BCUT2D eigenvalue weighted by atomic mass is 10.1. The van der Waals surface area contributed by atoms with Crippen LogP contribution in [0.25, 0.3) is 0 Å². The van der Waals surface area contributed by atoms with Gasteiger partial charge in [0.2, 0.25) is 11.9 Å². The van der Waals surface area contributed by atoms with Gasteiger partial charge in [0.05, 0.1) is 13.2 Å². The lowest BCUT2D eigenvalue weighted by Crippen LogP contribution is -2.38. The van der Waals surface area contributed by atoms with Crippen molar-refractivity contribution in [1.29, 1.82) is 0 Å². The lowest BCUT2D eigenvalue weighted by Gasteiger charge is -2.27. The van der Waals surface area contributed by atoms with Gasteiger partial charge in [0.15, 0.2) is 0 Å². The number of aromatic amines is 1. The summed E-state index contributed by atoms with van der Waals surface area (Å²) in [6, 6.07) is 6.06. The summed E-state index contributed by atoms with van der Waals surface area (Å²) >= 11 is 0. The second-order valence-electron chi connectivity index (χ2n) is 6.93.